The standard InChI is InChI=1S/C17H22N4O2S/c1-12-19-16(23-20-12)11-24-15-7-5-13(6-8-15)17(22)21-9-3-4-14(10-21)18-2/h5-8,14,18H,3-4,9-11H2,1-2H3. The highest BCUT2D eigenvalue weighted by molar-refractivity contribution is 7.98. The first kappa shape index (κ1) is 17.0. The van der Waals surface area contributed by atoms with Crippen molar-refractivity contribution in [3.8, 4) is 0 Å². The molecule has 2 heterocycles. The molecule has 0 aliphatic carbocycles. The number of piperidine rings is 1. The lowest BCUT2D eigenvalue weighted by molar-refractivity contribution is 0.0698. The van der Waals surface area contributed by atoms with Crippen LogP contribution in [-0.4, -0.2) is 47.1 Å². The summed E-state index contributed by atoms with van der Waals surface area (Å²) in [5.41, 5.74) is 0.740. The van der Waals surface area contributed by atoms with Gasteiger partial charge in [-0.3, -0.25) is 4.79 Å². The third-order valence-electron chi connectivity index (χ3n) is 4.15. The maximum atomic E-state index is 12.6. The molecule has 6 nitrogen and oxygen atoms in total. The molecule has 24 heavy (non-hydrogen) atoms. The Balaban J connectivity index is 1.58. The molecule has 1 amide bonds. The number of rotatable bonds is 5. The van der Waals surface area contributed by atoms with Gasteiger partial charge in [0.1, 0.15) is 0 Å². The van der Waals surface area contributed by atoms with Crippen molar-refractivity contribution in [2.45, 2.75) is 36.5 Å². The molecule has 2 aromatic rings. The zero-order valence-electron chi connectivity index (χ0n) is 14.0. The van der Waals surface area contributed by atoms with E-state index in [9.17, 15) is 4.79 Å². The Morgan fingerprint density at radius 2 is 2.21 bits per heavy atom. The van der Waals surface area contributed by atoms with Crippen LogP contribution in [0.25, 0.3) is 0 Å². The summed E-state index contributed by atoms with van der Waals surface area (Å²) in [4.78, 5) is 19.8. The predicted octanol–water partition coefficient (Wildman–Crippen LogP) is 2.49. The molecular weight excluding hydrogens is 324 g/mol. The highest BCUT2D eigenvalue weighted by atomic mass is 32.2. The largest absolute Gasteiger partial charge is 0.338 e. The maximum Gasteiger partial charge on any atom is 0.253 e. The van der Waals surface area contributed by atoms with Gasteiger partial charge in [-0.15, -0.1) is 11.8 Å². The van der Waals surface area contributed by atoms with Crippen LogP contribution in [0.3, 0.4) is 0 Å². The van der Waals surface area contributed by atoms with Gasteiger partial charge in [-0.25, -0.2) is 0 Å². The Kier molecular flexibility index (Phi) is 5.52. The van der Waals surface area contributed by atoms with E-state index >= 15 is 0 Å². The summed E-state index contributed by atoms with van der Waals surface area (Å²) < 4.78 is 5.10. The van der Waals surface area contributed by atoms with Crippen molar-refractivity contribution < 1.29 is 9.32 Å². The van der Waals surface area contributed by atoms with E-state index in [1.54, 1.807) is 18.7 Å². The summed E-state index contributed by atoms with van der Waals surface area (Å²) >= 11 is 1.62. The Hall–Kier alpha value is -1.86. The summed E-state index contributed by atoms with van der Waals surface area (Å²) in [6.07, 6.45) is 2.18. The molecule has 1 aliphatic rings. The smallest absolute Gasteiger partial charge is 0.253 e. The van der Waals surface area contributed by atoms with Crippen LogP contribution < -0.4 is 5.32 Å². The molecule has 1 atom stereocenters. The molecule has 1 fully saturated rings. The molecule has 1 aromatic heterocycles. The monoisotopic (exact) mass is 346 g/mol. The number of nitrogens with one attached hydrogen (secondary N) is 1. The molecule has 0 saturated carbocycles. The minimum atomic E-state index is 0.110. The van der Waals surface area contributed by atoms with Gasteiger partial charge in [-0.2, -0.15) is 4.98 Å². The second kappa shape index (κ2) is 7.81. The van der Waals surface area contributed by atoms with Gasteiger partial charge in [0.2, 0.25) is 5.89 Å². The van der Waals surface area contributed by atoms with E-state index in [0.29, 0.717) is 23.5 Å². The number of hydrogen-bond acceptors (Lipinski definition) is 6. The minimum absolute atomic E-state index is 0.110. The summed E-state index contributed by atoms with van der Waals surface area (Å²) in [5, 5.41) is 7.04. The number of nitrogens with zero attached hydrogens (tertiary/aromatic N) is 3. The number of hydrogen-bond donors (Lipinski definition) is 1. The molecule has 1 unspecified atom stereocenters. The van der Waals surface area contributed by atoms with Gasteiger partial charge in [0.15, 0.2) is 5.82 Å². The van der Waals surface area contributed by atoms with Crippen LogP contribution in [0.2, 0.25) is 0 Å². The van der Waals surface area contributed by atoms with Crippen molar-refractivity contribution >= 4 is 17.7 Å². The van der Waals surface area contributed by atoms with Crippen molar-refractivity contribution in [1.29, 1.82) is 0 Å². The van der Waals surface area contributed by atoms with Gasteiger partial charge < -0.3 is 14.7 Å². The van der Waals surface area contributed by atoms with E-state index in [2.05, 4.69) is 15.5 Å². The molecule has 128 valence electrons. The highest BCUT2D eigenvalue weighted by Gasteiger charge is 2.23. The van der Waals surface area contributed by atoms with Crippen molar-refractivity contribution in [2.75, 3.05) is 20.1 Å². The quantitative estimate of drug-likeness (QED) is 0.839. The van der Waals surface area contributed by atoms with Crippen LogP contribution in [0.4, 0.5) is 0 Å². The second-order valence-corrected chi connectivity index (χ2v) is 6.98. The summed E-state index contributed by atoms with van der Waals surface area (Å²) in [7, 11) is 1.95. The van der Waals surface area contributed by atoms with Crippen molar-refractivity contribution in [1.82, 2.24) is 20.4 Å². The number of carbonyl (C=O) groups excluding carboxylic acids is 1. The first-order valence-corrected chi connectivity index (χ1v) is 9.13. The third-order valence-corrected chi connectivity index (χ3v) is 5.15. The van der Waals surface area contributed by atoms with E-state index in [4.69, 9.17) is 4.52 Å². The molecule has 1 aliphatic heterocycles. The van der Waals surface area contributed by atoms with Crippen LogP contribution in [0.1, 0.15) is 34.9 Å². The van der Waals surface area contributed by atoms with E-state index in [0.717, 1.165) is 36.4 Å². The molecule has 0 spiro atoms. The van der Waals surface area contributed by atoms with Crippen molar-refractivity contribution in [3.63, 3.8) is 0 Å². The van der Waals surface area contributed by atoms with Crippen molar-refractivity contribution in [2.24, 2.45) is 0 Å². The average molecular weight is 346 g/mol. The number of likely N-dealkylation sites (N-methyl/N-ethyl adjacent to an activating group) is 1. The van der Waals surface area contributed by atoms with Crippen molar-refractivity contribution in [3.05, 3.63) is 41.5 Å². The van der Waals surface area contributed by atoms with Crippen LogP contribution in [0, 0.1) is 6.92 Å². The van der Waals surface area contributed by atoms with Gasteiger partial charge in [-0.1, -0.05) is 5.16 Å². The molecule has 0 radical (unpaired) electrons. The average Bonchev–Trinajstić information content (AvgIpc) is 3.05. The van der Waals surface area contributed by atoms with Gasteiger partial charge in [0, 0.05) is 29.6 Å². The summed E-state index contributed by atoms with van der Waals surface area (Å²) in [5.74, 6) is 2.00. The van der Waals surface area contributed by atoms with Gasteiger partial charge in [0.25, 0.3) is 5.91 Å². The zero-order chi connectivity index (χ0) is 16.9. The SMILES string of the molecule is CNC1CCCN(C(=O)c2ccc(SCc3nc(C)no3)cc2)C1. The van der Waals surface area contributed by atoms with E-state index in [1.807, 2.05) is 36.2 Å². The second-order valence-electron chi connectivity index (χ2n) is 5.93. The lowest BCUT2D eigenvalue weighted by Crippen LogP contribution is -2.46. The molecule has 1 aromatic carbocycles. The fraction of sp³-hybridized carbons (Fsp3) is 0.471. The Morgan fingerprint density at radius 1 is 1.42 bits per heavy atom. The number of aryl methyl sites for hydroxylation is 1. The molecule has 0 bridgehead atoms. The number of thioether (sulfide) groups is 1. The zero-order valence-corrected chi connectivity index (χ0v) is 14.8. The first-order valence-electron chi connectivity index (χ1n) is 8.14. The number of aromatic nitrogens is 2. The van der Waals surface area contributed by atoms with E-state index in [-0.39, 0.29) is 5.91 Å². The van der Waals surface area contributed by atoms with Gasteiger partial charge in [0.05, 0.1) is 5.75 Å². The van der Waals surface area contributed by atoms with Gasteiger partial charge >= 0.3 is 0 Å². The fourth-order valence-electron chi connectivity index (χ4n) is 2.82. The number of likely N-dealkylation sites (tertiary alicyclic amines) is 1. The Bertz CT molecular complexity index is 686. The van der Waals surface area contributed by atoms with Crippen LogP contribution in [-0.2, 0) is 5.75 Å². The summed E-state index contributed by atoms with van der Waals surface area (Å²) in [6, 6.07) is 8.14. The Labute approximate surface area is 146 Å². The fourth-order valence-corrected chi connectivity index (χ4v) is 3.55. The lowest BCUT2D eigenvalue weighted by atomic mass is 10.0. The van der Waals surface area contributed by atoms with Crippen LogP contribution in [0.5, 0.6) is 0 Å². The van der Waals surface area contributed by atoms with Crippen LogP contribution >= 0.6 is 11.8 Å². The summed E-state index contributed by atoms with van der Waals surface area (Å²) in [6.45, 7) is 3.42. The lowest BCUT2D eigenvalue weighted by Gasteiger charge is -2.32. The molecular formula is C17H22N4O2S. The molecule has 7 heteroatoms. The number of amides is 1. The minimum Gasteiger partial charge on any atom is -0.338 e. The van der Waals surface area contributed by atoms with Gasteiger partial charge in [-0.05, 0) is 51.1 Å². The van der Waals surface area contributed by atoms with E-state index in [1.165, 1.54) is 0 Å². The Morgan fingerprint density at radius 3 is 2.88 bits per heavy atom. The maximum absolute atomic E-state index is 12.6. The van der Waals surface area contributed by atoms with Crippen LogP contribution in [0.15, 0.2) is 33.7 Å². The molecule has 3 rings (SSSR count). The van der Waals surface area contributed by atoms with E-state index < -0.39 is 0 Å². The number of carbonyl (C=O) groups is 1. The normalized spacial score (nSPS) is 17.9. The topological polar surface area (TPSA) is 71.3 Å². The number of benzene rings is 1. The molecule has 1 saturated heterocycles. The third kappa shape index (κ3) is 4.15. The predicted molar refractivity (Wildman–Crippen MR) is 93.0 cm³/mol. The molecule has 1 N–H and O–H groups in total. The first-order chi connectivity index (χ1) is 11.7. The highest BCUT2D eigenvalue weighted by Crippen LogP contribution is 2.23.